The van der Waals surface area contributed by atoms with Crippen LogP contribution in [-0.2, 0) is 22.6 Å². The molecule has 0 radical (unpaired) electrons. The van der Waals surface area contributed by atoms with E-state index in [1.54, 1.807) is 50.4 Å². The van der Waals surface area contributed by atoms with E-state index in [0.717, 1.165) is 12.0 Å². The van der Waals surface area contributed by atoms with E-state index in [0.29, 0.717) is 17.9 Å². The first-order valence-electron chi connectivity index (χ1n) is 9.79. The predicted octanol–water partition coefficient (Wildman–Crippen LogP) is 3.09. The Morgan fingerprint density at radius 1 is 1.20 bits per heavy atom. The number of nitro benzene ring substituents is 1. The summed E-state index contributed by atoms with van der Waals surface area (Å²) in [7, 11) is 1.55. The molecule has 8 heteroatoms. The Morgan fingerprint density at radius 3 is 2.60 bits per heavy atom. The van der Waals surface area contributed by atoms with Gasteiger partial charge in [0, 0.05) is 24.7 Å². The van der Waals surface area contributed by atoms with Gasteiger partial charge in [-0.3, -0.25) is 19.7 Å². The van der Waals surface area contributed by atoms with Crippen LogP contribution in [0.4, 0.5) is 5.69 Å². The fourth-order valence-corrected chi connectivity index (χ4v) is 3.05. The second-order valence-electron chi connectivity index (χ2n) is 6.90. The van der Waals surface area contributed by atoms with Gasteiger partial charge in [0.15, 0.2) is 0 Å². The SMILES string of the molecule is CCCNC(=O)[C@@H](C)N(Cc1cccc(OC)c1)C(=O)Cc1ccccc1[N+](=O)[O-]. The number of carbonyl (C=O) groups is 2. The molecule has 2 rings (SSSR count). The number of methoxy groups -OCH3 is 1. The van der Waals surface area contributed by atoms with E-state index in [4.69, 9.17) is 4.74 Å². The van der Waals surface area contributed by atoms with Crippen molar-refractivity contribution in [3.63, 3.8) is 0 Å². The van der Waals surface area contributed by atoms with Crippen LogP contribution in [0.5, 0.6) is 5.75 Å². The lowest BCUT2D eigenvalue weighted by molar-refractivity contribution is -0.385. The van der Waals surface area contributed by atoms with Crippen LogP contribution in [0, 0.1) is 10.1 Å². The standard InChI is InChI=1S/C22H27N3O5/c1-4-12-23-22(27)16(2)24(15-17-8-7-10-19(13-17)30-3)21(26)14-18-9-5-6-11-20(18)25(28)29/h5-11,13,16H,4,12,14-15H2,1-3H3,(H,23,27)/t16-/m1/s1. The van der Waals surface area contributed by atoms with E-state index >= 15 is 0 Å². The Kier molecular flexibility index (Phi) is 8.34. The van der Waals surface area contributed by atoms with Gasteiger partial charge in [-0.1, -0.05) is 37.3 Å². The van der Waals surface area contributed by atoms with Gasteiger partial charge in [-0.25, -0.2) is 0 Å². The Balaban J connectivity index is 2.30. The van der Waals surface area contributed by atoms with Crippen molar-refractivity contribution in [2.75, 3.05) is 13.7 Å². The molecular weight excluding hydrogens is 386 g/mol. The summed E-state index contributed by atoms with van der Waals surface area (Å²) < 4.78 is 5.24. The third kappa shape index (κ3) is 6.04. The highest BCUT2D eigenvalue weighted by atomic mass is 16.6. The van der Waals surface area contributed by atoms with Gasteiger partial charge in [0.25, 0.3) is 5.69 Å². The van der Waals surface area contributed by atoms with Gasteiger partial charge in [0.2, 0.25) is 11.8 Å². The first kappa shape index (κ1) is 22.9. The Hall–Kier alpha value is -3.42. The molecule has 0 aromatic heterocycles. The highest BCUT2D eigenvalue weighted by Crippen LogP contribution is 2.21. The molecule has 160 valence electrons. The molecule has 1 atom stereocenters. The van der Waals surface area contributed by atoms with Crippen LogP contribution in [-0.4, -0.2) is 41.3 Å². The van der Waals surface area contributed by atoms with Crippen LogP contribution >= 0.6 is 0 Å². The molecule has 2 amide bonds. The molecule has 2 aromatic carbocycles. The normalized spacial score (nSPS) is 11.4. The molecule has 0 heterocycles. The van der Waals surface area contributed by atoms with Crippen LogP contribution in [0.3, 0.4) is 0 Å². The summed E-state index contributed by atoms with van der Waals surface area (Å²) in [4.78, 5) is 37.9. The summed E-state index contributed by atoms with van der Waals surface area (Å²) >= 11 is 0. The number of amides is 2. The topological polar surface area (TPSA) is 102 Å². The summed E-state index contributed by atoms with van der Waals surface area (Å²) in [6.45, 7) is 4.28. The number of ether oxygens (including phenoxy) is 1. The quantitative estimate of drug-likeness (QED) is 0.476. The molecule has 0 unspecified atom stereocenters. The Morgan fingerprint density at radius 2 is 1.93 bits per heavy atom. The maximum Gasteiger partial charge on any atom is 0.273 e. The number of hydrogen-bond donors (Lipinski definition) is 1. The van der Waals surface area contributed by atoms with Gasteiger partial charge < -0.3 is 15.0 Å². The third-order valence-electron chi connectivity index (χ3n) is 4.73. The molecule has 0 aliphatic carbocycles. The van der Waals surface area contributed by atoms with Crippen molar-refractivity contribution in [2.45, 2.75) is 39.3 Å². The predicted molar refractivity (Wildman–Crippen MR) is 113 cm³/mol. The fraction of sp³-hybridized carbons (Fsp3) is 0.364. The molecule has 0 aliphatic rings. The van der Waals surface area contributed by atoms with Crippen LogP contribution in [0.25, 0.3) is 0 Å². The molecular formula is C22H27N3O5. The number of nitro groups is 1. The van der Waals surface area contributed by atoms with Gasteiger partial charge in [-0.2, -0.15) is 0 Å². The average Bonchev–Trinajstić information content (AvgIpc) is 2.75. The van der Waals surface area contributed by atoms with Crippen LogP contribution in [0.15, 0.2) is 48.5 Å². The van der Waals surface area contributed by atoms with Crippen molar-refractivity contribution in [2.24, 2.45) is 0 Å². The second kappa shape index (κ2) is 10.9. The monoisotopic (exact) mass is 413 g/mol. The highest BCUT2D eigenvalue weighted by Gasteiger charge is 2.27. The van der Waals surface area contributed by atoms with E-state index < -0.39 is 11.0 Å². The number of carbonyl (C=O) groups excluding carboxylic acids is 2. The van der Waals surface area contributed by atoms with Gasteiger partial charge in [-0.05, 0) is 31.0 Å². The lowest BCUT2D eigenvalue weighted by Gasteiger charge is -2.29. The molecule has 0 bridgehead atoms. The molecule has 8 nitrogen and oxygen atoms in total. The second-order valence-corrected chi connectivity index (χ2v) is 6.90. The number of hydrogen-bond acceptors (Lipinski definition) is 5. The van der Waals surface area contributed by atoms with E-state index in [1.165, 1.54) is 11.0 Å². The van der Waals surface area contributed by atoms with E-state index in [9.17, 15) is 19.7 Å². The maximum atomic E-state index is 13.2. The summed E-state index contributed by atoms with van der Waals surface area (Å²) in [5, 5.41) is 14.1. The first-order chi connectivity index (χ1) is 14.4. The minimum atomic E-state index is -0.738. The van der Waals surface area contributed by atoms with Crippen molar-refractivity contribution >= 4 is 17.5 Å². The lowest BCUT2D eigenvalue weighted by atomic mass is 10.1. The molecule has 0 spiro atoms. The third-order valence-corrected chi connectivity index (χ3v) is 4.73. The highest BCUT2D eigenvalue weighted by molar-refractivity contribution is 5.88. The zero-order chi connectivity index (χ0) is 22.1. The number of nitrogens with one attached hydrogen (secondary N) is 1. The molecule has 30 heavy (non-hydrogen) atoms. The summed E-state index contributed by atoms with van der Waals surface area (Å²) in [5.74, 6) is 0.00334. The fourth-order valence-electron chi connectivity index (χ4n) is 3.05. The Labute approximate surface area is 176 Å². The first-order valence-corrected chi connectivity index (χ1v) is 9.79. The van der Waals surface area contributed by atoms with Crippen molar-refractivity contribution in [1.29, 1.82) is 0 Å². The lowest BCUT2D eigenvalue weighted by Crippen LogP contribution is -2.48. The van der Waals surface area contributed by atoms with Crippen molar-refractivity contribution < 1.29 is 19.2 Å². The number of para-hydroxylation sites is 1. The molecule has 2 aromatic rings. The van der Waals surface area contributed by atoms with Gasteiger partial charge >= 0.3 is 0 Å². The smallest absolute Gasteiger partial charge is 0.273 e. The van der Waals surface area contributed by atoms with E-state index in [2.05, 4.69) is 5.32 Å². The van der Waals surface area contributed by atoms with Gasteiger partial charge in [0.1, 0.15) is 11.8 Å². The molecule has 0 aliphatic heterocycles. The Bertz CT molecular complexity index is 900. The van der Waals surface area contributed by atoms with Crippen molar-refractivity contribution in [3.8, 4) is 5.75 Å². The molecule has 1 N–H and O–H groups in total. The molecule has 0 saturated heterocycles. The number of rotatable bonds is 10. The van der Waals surface area contributed by atoms with Gasteiger partial charge in [-0.15, -0.1) is 0 Å². The summed E-state index contributed by atoms with van der Waals surface area (Å²) in [6.07, 6.45) is 0.602. The van der Waals surface area contributed by atoms with E-state index in [1.807, 2.05) is 13.0 Å². The largest absolute Gasteiger partial charge is 0.497 e. The van der Waals surface area contributed by atoms with Gasteiger partial charge in [0.05, 0.1) is 18.5 Å². The summed E-state index contributed by atoms with van der Waals surface area (Å²) in [5.41, 5.74) is 0.986. The molecule has 0 fully saturated rings. The minimum absolute atomic E-state index is 0.115. The zero-order valence-electron chi connectivity index (χ0n) is 17.5. The summed E-state index contributed by atoms with van der Waals surface area (Å²) in [6, 6.07) is 12.6. The van der Waals surface area contributed by atoms with Crippen LogP contribution < -0.4 is 10.1 Å². The molecule has 0 saturated carbocycles. The minimum Gasteiger partial charge on any atom is -0.497 e. The maximum absolute atomic E-state index is 13.2. The van der Waals surface area contributed by atoms with Crippen molar-refractivity contribution in [1.82, 2.24) is 10.2 Å². The average molecular weight is 413 g/mol. The number of nitrogens with zero attached hydrogens (tertiary/aromatic N) is 2. The van der Waals surface area contributed by atoms with Crippen LogP contribution in [0.2, 0.25) is 0 Å². The van der Waals surface area contributed by atoms with Crippen molar-refractivity contribution in [3.05, 3.63) is 69.8 Å². The van der Waals surface area contributed by atoms with E-state index in [-0.39, 0.29) is 30.5 Å². The zero-order valence-corrected chi connectivity index (χ0v) is 17.5. The number of benzene rings is 2. The van der Waals surface area contributed by atoms with Crippen LogP contribution in [0.1, 0.15) is 31.4 Å².